The van der Waals surface area contributed by atoms with E-state index in [0.29, 0.717) is 19.3 Å². The summed E-state index contributed by atoms with van der Waals surface area (Å²) in [5.41, 5.74) is 0. The highest BCUT2D eigenvalue weighted by Crippen LogP contribution is 2.60. The summed E-state index contributed by atoms with van der Waals surface area (Å²) in [6.07, 6.45) is -11.2. The summed E-state index contributed by atoms with van der Waals surface area (Å²) in [7, 11) is 0. The lowest BCUT2D eigenvalue weighted by atomic mass is 9.90. The van der Waals surface area contributed by atoms with Crippen molar-refractivity contribution in [2.75, 3.05) is 0 Å². The largest absolute Gasteiger partial charge is 0.460 e. The number of hydrogen-bond donors (Lipinski definition) is 1. The minimum atomic E-state index is -7.94. The third-order valence-corrected chi connectivity index (χ3v) is 3.96. The maximum absolute atomic E-state index is 13.5. The van der Waals surface area contributed by atoms with Gasteiger partial charge in [0.1, 0.15) is 6.10 Å². The molecule has 170 valence electrons. The molecule has 1 nitrogen and oxygen atoms in total. The molecule has 0 heterocycles. The molecule has 0 radical (unpaired) electrons. The van der Waals surface area contributed by atoms with E-state index < -0.39 is 54.7 Å². The van der Waals surface area contributed by atoms with Crippen molar-refractivity contribution in [3.05, 3.63) is 0 Å². The minimum absolute atomic E-state index is 0.0608. The highest BCUT2D eigenvalue weighted by atomic mass is 19.4. The number of aliphatic hydroxyl groups is 1. The van der Waals surface area contributed by atoms with Gasteiger partial charge in [-0.2, -0.15) is 57.1 Å². The number of alkyl halides is 13. The molecule has 0 saturated carbocycles. The van der Waals surface area contributed by atoms with Crippen molar-refractivity contribution >= 4 is 0 Å². The van der Waals surface area contributed by atoms with Gasteiger partial charge in [0, 0.05) is 0 Å². The average molecular weight is 448 g/mol. The number of halogens is 13. The summed E-state index contributed by atoms with van der Waals surface area (Å²) in [5, 5.41) is 9.04. The third kappa shape index (κ3) is 4.45. The Labute approximate surface area is 150 Å². The van der Waals surface area contributed by atoms with Gasteiger partial charge in [-0.25, -0.2) is 0 Å². The van der Waals surface area contributed by atoms with E-state index in [2.05, 4.69) is 0 Å². The molecule has 0 aromatic carbocycles. The molecular formula is C14H17F13O. The van der Waals surface area contributed by atoms with Crippen molar-refractivity contribution in [2.24, 2.45) is 0 Å². The fourth-order valence-corrected chi connectivity index (χ4v) is 2.11. The van der Waals surface area contributed by atoms with Crippen LogP contribution in [0, 0.1) is 0 Å². The molecule has 0 aliphatic rings. The highest BCUT2D eigenvalue weighted by Gasteiger charge is 2.91. The molecule has 1 N–H and O–H groups in total. The molecule has 0 aliphatic heterocycles. The van der Waals surface area contributed by atoms with Crippen LogP contribution in [0.25, 0.3) is 0 Å². The predicted molar refractivity (Wildman–Crippen MR) is 70.2 cm³/mol. The van der Waals surface area contributed by atoms with Crippen LogP contribution in [0.2, 0.25) is 0 Å². The van der Waals surface area contributed by atoms with Gasteiger partial charge in [0.05, 0.1) is 0 Å². The van der Waals surface area contributed by atoms with E-state index in [9.17, 15) is 57.1 Å². The van der Waals surface area contributed by atoms with Crippen LogP contribution in [-0.2, 0) is 0 Å². The second-order valence-electron chi connectivity index (χ2n) is 6.14. The van der Waals surface area contributed by atoms with Gasteiger partial charge in [-0.05, 0) is 6.42 Å². The van der Waals surface area contributed by atoms with Gasteiger partial charge in [0.2, 0.25) is 0 Å². The predicted octanol–water partition coefficient (Wildman–Crippen LogP) is 6.45. The van der Waals surface area contributed by atoms with Crippen molar-refractivity contribution in [3.63, 3.8) is 0 Å². The van der Waals surface area contributed by atoms with Crippen molar-refractivity contribution < 1.29 is 62.2 Å². The van der Waals surface area contributed by atoms with E-state index in [0.717, 1.165) is 0 Å². The van der Waals surface area contributed by atoms with Crippen LogP contribution in [0.4, 0.5) is 57.1 Å². The molecule has 14 heteroatoms. The Morgan fingerprint density at radius 1 is 0.571 bits per heavy atom. The first-order valence-electron chi connectivity index (χ1n) is 7.87. The van der Waals surface area contributed by atoms with Crippen molar-refractivity contribution in [3.8, 4) is 0 Å². The fraction of sp³-hybridized carbons (Fsp3) is 1.00. The van der Waals surface area contributed by atoms with Crippen LogP contribution in [-0.4, -0.2) is 47.0 Å². The molecule has 28 heavy (non-hydrogen) atoms. The van der Waals surface area contributed by atoms with Crippen LogP contribution in [0.15, 0.2) is 0 Å². The lowest BCUT2D eigenvalue weighted by molar-refractivity contribution is -0.444. The summed E-state index contributed by atoms with van der Waals surface area (Å²) in [5.74, 6) is -37.4. The Bertz CT molecular complexity index is 498. The molecule has 0 amide bonds. The lowest BCUT2D eigenvalue weighted by Gasteiger charge is -2.40. The molecule has 0 fully saturated rings. The number of aliphatic hydroxyl groups excluding tert-OH is 1. The molecule has 0 spiro atoms. The SMILES string of the molecule is CCCCCCCC(O)C(F)(F)C(F)(F)C(F)(F)C(F)(F)C(F)(F)C(F)(F)F. The Morgan fingerprint density at radius 3 is 1.36 bits per heavy atom. The Morgan fingerprint density at radius 2 is 0.964 bits per heavy atom. The maximum atomic E-state index is 13.5. The standard InChI is InChI=1S/C14H17F13O/c1-2-3-4-5-6-7-8(28)9(15,16)10(17,18)11(19,20)12(21,22)13(23,24)14(25,26)27/h8,28H,2-7H2,1H3. The maximum Gasteiger partial charge on any atom is 0.460 e. The average Bonchev–Trinajstić information content (AvgIpc) is 2.52. The Balaban J connectivity index is 5.73. The van der Waals surface area contributed by atoms with E-state index in [4.69, 9.17) is 5.11 Å². The minimum Gasteiger partial charge on any atom is -0.387 e. The van der Waals surface area contributed by atoms with Crippen LogP contribution < -0.4 is 0 Å². The number of rotatable bonds is 11. The number of unbranched alkanes of at least 4 members (excludes halogenated alkanes) is 4. The van der Waals surface area contributed by atoms with E-state index in [1.165, 1.54) is 0 Å². The first-order chi connectivity index (χ1) is 12.2. The van der Waals surface area contributed by atoms with Crippen LogP contribution in [0.1, 0.15) is 45.4 Å². The van der Waals surface area contributed by atoms with E-state index in [1.807, 2.05) is 0 Å². The quantitative estimate of drug-likeness (QED) is 0.285. The summed E-state index contributed by atoms with van der Waals surface area (Å²) in [4.78, 5) is 0. The second-order valence-corrected chi connectivity index (χ2v) is 6.14. The third-order valence-electron chi connectivity index (χ3n) is 3.96. The highest BCUT2D eigenvalue weighted by molar-refractivity contribution is 5.11. The van der Waals surface area contributed by atoms with E-state index in [-0.39, 0.29) is 6.42 Å². The molecule has 0 aliphatic carbocycles. The monoisotopic (exact) mass is 448 g/mol. The zero-order valence-corrected chi connectivity index (χ0v) is 14.2. The normalized spacial score (nSPS) is 16.4. The summed E-state index contributed by atoms with van der Waals surface area (Å²) in [6.45, 7) is 1.74. The Hall–Kier alpha value is -0.950. The van der Waals surface area contributed by atoms with Crippen molar-refractivity contribution in [2.45, 2.75) is 87.3 Å². The van der Waals surface area contributed by atoms with Crippen LogP contribution >= 0.6 is 0 Å². The van der Waals surface area contributed by atoms with Gasteiger partial charge < -0.3 is 5.11 Å². The molecule has 0 rings (SSSR count). The van der Waals surface area contributed by atoms with Crippen molar-refractivity contribution in [1.29, 1.82) is 0 Å². The lowest BCUT2D eigenvalue weighted by Crippen LogP contribution is -2.71. The molecular weight excluding hydrogens is 431 g/mol. The molecule has 1 atom stereocenters. The van der Waals surface area contributed by atoms with Gasteiger partial charge in [0.15, 0.2) is 0 Å². The first kappa shape index (κ1) is 27.0. The van der Waals surface area contributed by atoms with Crippen molar-refractivity contribution in [1.82, 2.24) is 0 Å². The molecule has 0 aromatic rings. The van der Waals surface area contributed by atoms with Gasteiger partial charge in [-0.3, -0.25) is 0 Å². The molecule has 1 unspecified atom stereocenters. The molecule has 0 saturated heterocycles. The summed E-state index contributed by atoms with van der Waals surface area (Å²) < 4.78 is 168. The van der Waals surface area contributed by atoms with Gasteiger partial charge in [0.25, 0.3) is 0 Å². The summed E-state index contributed by atoms with van der Waals surface area (Å²) in [6, 6.07) is 0. The summed E-state index contributed by atoms with van der Waals surface area (Å²) >= 11 is 0. The Kier molecular flexibility index (Phi) is 8.14. The van der Waals surface area contributed by atoms with Gasteiger partial charge >= 0.3 is 35.8 Å². The van der Waals surface area contributed by atoms with Crippen LogP contribution in [0.5, 0.6) is 0 Å². The van der Waals surface area contributed by atoms with Gasteiger partial charge in [-0.15, -0.1) is 0 Å². The zero-order chi connectivity index (χ0) is 22.8. The molecule has 0 aromatic heterocycles. The second kappa shape index (κ2) is 8.42. The smallest absolute Gasteiger partial charge is 0.387 e. The van der Waals surface area contributed by atoms with Gasteiger partial charge in [-0.1, -0.05) is 39.0 Å². The van der Waals surface area contributed by atoms with E-state index >= 15 is 0 Å². The van der Waals surface area contributed by atoms with E-state index in [1.54, 1.807) is 6.92 Å². The van der Waals surface area contributed by atoms with Crippen LogP contribution in [0.3, 0.4) is 0 Å². The first-order valence-corrected chi connectivity index (χ1v) is 7.87. The fourth-order valence-electron chi connectivity index (χ4n) is 2.11. The zero-order valence-electron chi connectivity index (χ0n) is 14.2. The topological polar surface area (TPSA) is 20.2 Å². The molecule has 0 bridgehead atoms. The number of hydrogen-bond acceptors (Lipinski definition) is 1.